The van der Waals surface area contributed by atoms with E-state index in [9.17, 15) is 10.1 Å². The van der Waals surface area contributed by atoms with Crippen molar-refractivity contribution in [2.45, 2.75) is 19.4 Å². The van der Waals surface area contributed by atoms with E-state index in [1.165, 1.54) is 0 Å². The number of ether oxygens (including phenoxy) is 1. The number of carbonyl (C=O) groups is 1. The van der Waals surface area contributed by atoms with Crippen LogP contribution in [0.15, 0.2) is 54.1 Å². The molecule has 0 bridgehead atoms. The lowest BCUT2D eigenvalue weighted by atomic mass is 10.1. The summed E-state index contributed by atoms with van der Waals surface area (Å²) in [6.07, 6.45) is 3.57. The number of hydrogen-bond donors (Lipinski definition) is 0. The Morgan fingerprint density at radius 1 is 1.11 bits per heavy atom. The van der Waals surface area contributed by atoms with Crippen LogP contribution in [0.3, 0.4) is 0 Å². The van der Waals surface area contributed by atoms with Gasteiger partial charge in [-0.25, -0.2) is 0 Å². The fourth-order valence-electron chi connectivity index (χ4n) is 2.99. The van der Waals surface area contributed by atoms with Crippen molar-refractivity contribution in [3.8, 4) is 17.9 Å². The second-order valence-corrected chi connectivity index (χ2v) is 6.34. The predicted molar refractivity (Wildman–Crippen MR) is 101 cm³/mol. The second-order valence-electron chi connectivity index (χ2n) is 6.34. The molecule has 1 amide bonds. The van der Waals surface area contributed by atoms with E-state index in [1.54, 1.807) is 29.2 Å². The van der Waals surface area contributed by atoms with Crippen molar-refractivity contribution in [1.82, 2.24) is 4.90 Å². The standard InChI is InChI=1S/C22H19N3O2/c23-14-18-6-3-7-19(11-18)16-27-21-8-4-5-17(13-21)12-20(15-24)22(26)25-9-1-2-10-25/h3-8,11-13H,1-2,9-10,16H2. The van der Waals surface area contributed by atoms with Crippen LogP contribution in [0.25, 0.3) is 6.08 Å². The van der Waals surface area contributed by atoms with Crippen LogP contribution in [0.2, 0.25) is 0 Å². The maximum Gasteiger partial charge on any atom is 0.264 e. The zero-order chi connectivity index (χ0) is 19.1. The summed E-state index contributed by atoms with van der Waals surface area (Å²) in [5.74, 6) is 0.423. The lowest BCUT2D eigenvalue weighted by molar-refractivity contribution is -0.125. The van der Waals surface area contributed by atoms with Gasteiger partial charge in [-0.3, -0.25) is 4.79 Å². The van der Waals surface area contributed by atoms with Crippen molar-refractivity contribution in [3.63, 3.8) is 0 Å². The summed E-state index contributed by atoms with van der Waals surface area (Å²) in [6.45, 7) is 1.76. The van der Waals surface area contributed by atoms with Crippen molar-refractivity contribution >= 4 is 12.0 Å². The number of nitrogens with zero attached hydrogens (tertiary/aromatic N) is 3. The van der Waals surface area contributed by atoms with E-state index in [0.29, 0.717) is 31.0 Å². The molecule has 2 aromatic rings. The molecule has 2 aromatic carbocycles. The molecule has 0 saturated carbocycles. The molecule has 0 spiro atoms. The Balaban J connectivity index is 1.71. The highest BCUT2D eigenvalue weighted by Crippen LogP contribution is 2.19. The van der Waals surface area contributed by atoms with Gasteiger partial charge in [0.25, 0.3) is 5.91 Å². The van der Waals surface area contributed by atoms with Gasteiger partial charge in [-0.15, -0.1) is 0 Å². The molecule has 0 unspecified atom stereocenters. The molecule has 0 N–H and O–H groups in total. The summed E-state index contributed by atoms with van der Waals surface area (Å²) >= 11 is 0. The number of carbonyl (C=O) groups excluding carboxylic acids is 1. The van der Waals surface area contributed by atoms with Gasteiger partial charge >= 0.3 is 0 Å². The predicted octanol–water partition coefficient (Wildman–Crippen LogP) is 3.67. The van der Waals surface area contributed by atoms with Crippen LogP contribution in [-0.2, 0) is 11.4 Å². The van der Waals surface area contributed by atoms with Gasteiger partial charge in [-0.1, -0.05) is 24.3 Å². The molecule has 1 saturated heterocycles. The molecule has 1 aliphatic heterocycles. The normalized spacial score (nSPS) is 13.7. The van der Waals surface area contributed by atoms with E-state index in [2.05, 4.69) is 6.07 Å². The molecular weight excluding hydrogens is 338 g/mol. The maximum atomic E-state index is 12.4. The summed E-state index contributed by atoms with van der Waals surface area (Å²) in [4.78, 5) is 14.1. The van der Waals surface area contributed by atoms with Gasteiger partial charge in [0.15, 0.2) is 0 Å². The molecule has 5 heteroatoms. The van der Waals surface area contributed by atoms with E-state index in [4.69, 9.17) is 10.00 Å². The largest absolute Gasteiger partial charge is 0.489 e. The van der Waals surface area contributed by atoms with Gasteiger partial charge in [0.1, 0.15) is 24.0 Å². The average molecular weight is 357 g/mol. The van der Waals surface area contributed by atoms with Gasteiger partial charge in [-0.05, 0) is 54.3 Å². The third-order valence-corrected chi connectivity index (χ3v) is 4.37. The molecule has 134 valence electrons. The van der Waals surface area contributed by atoms with Crippen LogP contribution >= 0.6 is 0 Å². The summed E-state index contributed by atoms with van der Waals surface area (Å²) in [6, 6.07) is 18.6. The molecule has 1 fully saturated rings. The Kier molecular flexibility index (Phi) is 5.87. The van der Waals surface area contributed by atoms with Crippen molar-refractivity contribution in [3.05, 3.63) is 70.8 Å². The molecule has 0 aliphatic carbocycles. The fraction of sp³-hybridized carbons (Fsp3) is 0.227. The van der Waals surface area contributed by atoms with Crippen molar-refractivity contribution in [2.75, 3.05) is 13.1 Å². The summed E-state index contributed by atoms with van der Waals surface area (Å²) in [7, 11) is 0. The zero-order valence-electron chi connectivity index (χ0n) is 14.9. The smallest absolute Gasteiger partial charge is 0.264 e. The first-order chi connectivity index (χ1) is 13.2. The van der Waals surface area contributed by atoms with E-state index >= 15 is 0 Å². The number of likely N-dealkylation sites (tertiary alicyclic amines) is 1. The molecule has 1 heterocycles. The minimum atomic E-state index is -0.213. The van der Waals surface area contributed by atoms with Gasteiger partial charge < -0.3 is 9.64 Å². The van der Waals surface area contributed by atoms with Crippen LogP contribution in [0.1, 0.15) is 29.5 Å². The van der Waals surface area contributed by atoms with Gasteiger partial charge in [0.05, 0.1) is 11.6 Å². The van der Waals surface area contributed by atoms with Gasteiger partial charge in [0.2, 0.25) is 0 Å². The Bertz CT molecular complexity index is 945. The fourth-order valence-corrected chi connectivity index (χ4v) is 2.99. The van der Waals surface area contributed by atoms with Crippen LogP contribution in [-0.4, -0.2) is 23.9 Å². The first kappa shape index (κ1) is 18.2. The SMILES string of the molecule is N#CC(=Cc1cccc(OCc2cccc(C#N)c2)c1)C(=O)N1CCCC1. The van der Waals surface area contributed by atoms with E-state index in [-0.39, 0.29) is 11.5 Å². The molecular formula is C22H19N3O2. The number of hydrogen-bond acceptors (Lipinski definition) is 4. The second kappa shape index (κ2) is 8.69. The molecule has 5 nitrogen and oxygen atoms in total. The third kappa shape index (κ3) is 4.74. The van der Waals surface area contributed by atoms with Crippen molar-refractivity contribution < 1.29 is 9.53 Å². The molecule has 27 heavy (non-hydrogen) atoms. The number of nitriles is 2. The summed E-state index contributed by atoms with van der Waals surface area (Å²) in [5, 5.41) is 18.3. The third-order valence-electron chi connectivity index (χ3n) is 4.37. The highest BCUT2D eigenvalue weighted by molar-refractivity contribution is 6.01. The van der Waals surface area contributed by atoms with Crippen LogP contribution < -0.4 is 4.74 Å². The number of benzene rings is 2. The summed E-state index contributed by atoms with van der Waals surface area (Å²) < 4.78 is 5.79. The van der Waals surface area contributed by atoms with Crippen LogP contribution in [0.4, 0.5) is 0 Å². The first-order valence-electron chi connectivity index (χ1n) is 8.82. The van der Waals surface area contributed by atoms with Crippen molar-refractivity contribution in [2.24, 2.45) is 0 Å². The lowest BCUT2D eigenvalue weighted by Gasteiger charge is -2.14. The van der Waals surface area contributed by atoms with Crippen LogP contribution in [0.5, 0.6) is 5.75 Å². The van der Waals surface area contributed by atoms with Crippen LogP contribution in [0, 0.1) is 22.7 Å². The minimum absolute atomic E-state index is 0.135. The molecule has 1 aliphatic rings. The summed E-state index contributed by atoms with van der Waals surface area (Å²) in [5.41, 5.74) is 2.36. The quantitative estimate of drug-likeness (QED) is 0.604. The van der Waals surface area contributed by atoms with E-state index in [0.717, 1.165) is 24.0 Å². The topological polar surface area (TPSA) is 77.1 Å². The zero-order valence-corrected chi connectivity index (χ0v) is 14.9. The number of rotatable bonds is 5. The molecule has 0 radical (unpaired) electrons. The average Bonchev–Trinajstić information content (AvgIpc) is 3.25. The first-order valence-corrected chi connectivity index (χ1v) is 8.82. The Labute approximate surface area is 158 Å². The van der Waals surface area contributed by atoms with Gasteiger partial charge in [-0.2, -0.15) is 10.5 Å². The van der Waals surface area contributed by atoms with Crippen molar-refractivity contribution in [1.29, 1.82) is 10.5 Å². The monoisotopic (exact) mass is 357 g/mol. The highest BCUT2D eigenvalue weighted by Gasteiger charge is 2.21. The maximum absolute atomic E-state index is 12.4. The number of amides is 1. The van der Waals surface area contributed by atoms with Gasteiger partial charge in [0, 0.05) is 13.1 Å². The Morgan fingerprint density at radius 3 is 2.63 bits per heavy atom. The Morgan fingerprint density at radius 2 is 1.89 bits per heavy atom. The lowest BCUT2D eigenvalue weighted by Crippen LogP contribution is -2.28. The van der Waals surface area contributed by atoms with E-state index < -0.39 is 0 Å². The Hall–Kier alpha value is -3.57. The molecule has 3 rings (SSSR count). The highest BCUT2D eigenvalue weighted by atomic mass is 16.5. The van der Waals surface area contributed by atoms with E-state index in [1.807, 2.05) is 36.4 Å². The molecule has 0 atom stereocenters. The minimum Gasteiger partial charge on any atom is -0.489 e. The molecule has 0 aromatic heterocycles.